The molecular weight excluding hydrogens is 725 g/mol. The number of hydrogen-bond acceptors (Lipinski definition) is 8. The molecule has 4 rings (SSSR count). The zero-order chi connectivity index (χ0) is 41.6. The molecule has 0 saturated heterocycles. The third kappa shape index (κ3) is 11.8. The van der Waals surface area contributed by atoms with Crippen molar-refractivity contribution in [2.75, 3.05) is 27.3 Å². The zero-order valence-electron chi connectivity index (χ0n) is 34.6. The Balaban J connectivity index is 1.39. The van der Waals surface area contributed by atoms with E-state index in [-0.39, 0.29) is 36.2 Å². The van der Waals surface area contributed by atoms with Crippen molar-refractivity contribution in [3.8, 4) is 22.5 Å². The Morgan fingerprint density at radius 1 is 0.684 bits per heavy atom. The molecule has 306 valence electrons. The number of hydrogen-bond donors (Lipinski definition) is 4. The Hall–Kier alpha value is -5.92. The number of amides is 4. The molecule has 0 saturated carbocycles. The highest BCUT2D eigenvalue weighted by atomic mass is 16.5. The lowest BCUT2D eigenvalue weighted by atomic mass is 10.0. The molecule has 2 heterocycles. The molecule has 2 aromatic heterocycles. The zero-order valence-corrected chi connectivity index (χ0v) is 34.6. The summed E-state index contributed by atoms with van der Waals surface area (Å²) in [6.07, 6.45) is 7.87. The van der Waals surface area contributed by atoms with Crippen LogP contribution in [-0.4, -0.2) is 93.1 Å². The van der Waals surface area contributed by atoms with Gasteiger partial charge in [-0.25, -0.2) is 19.6 Å². The summed E-state index contributed by atoms with van der Waals surface area (Å²) in [5, 5.41) is 5.35. The van der Waals surface area contributed by atoms with Crippen LogP contribution in [0, 0.1) is 11.8 Å². The molecule has 0 aliphatic carbocycles. The fourth-order valence-electron chi connectivity index (χ4n) is 6.40. The van der Waals surface area contributed by atoms with Gasteiger partial charge in [0.1, 0.15) is 23.7 Å². The Kier molecular flexibility index (Phi) is 16.0. The van der Waals surface area contributed by atoms with E-state index in [4.69, 9.17) is 9.47 Å². The minimum Gasteiger partial charge on any atom is -0.453 e. The molecule has 4 aromatic rings. The number of aromatic amines is 2. The van der Waals surface area contributed by atoms with Gasteiger partial charge < -0.3 is 39.9 Å². The molecule has 0 aliphatic rings. The van der Waals surface area contributed by atoms with Crippen LogP contribution in [0.4, 0.5) is 9.59 Å². The van der Waals surface area contributed by atoms with E-state index in [1.165, 1.54) is 14.2 Å². The summed E-state index contributed by atoms with van der Waals surface area (Å²) in [4.78, 5) is 70.3. The number of alkyl carbamates (subject to hydrolysis) is 2. The number of imidazole rings is 2. The average molecular weight is 783 g/mol. The van der Waals surface area contributed by atoms with Gasteiger partial charge in [-0.05, 0) is 53.9 Å². The maximum atomic E-state index is 13.6. The first-order chi connectivity index (χ1) is 27.3. The molecule has 2 aromatic carbocycles. The smallest absolute Gasteiger partial charge is 0.407 e. The minimum absolute atomic E-state index is 0.118. The van der Waals surface area contributed by atoms with Gasteiger partial charge in [0, 0.05) is 13.1 Å². The summed E-state index contributed by atoms with van der Waals surface area (Å²) in [5.74, 6) is 0.695. The molecule has 4 N–H and O–H groups in total. The molecule has 14 heteroatoms. The van der Waals surface area contributed by atoms with Crippen LogP contribution in [0.3, 0.4) is 0 Å². The summed E-state index contributed by atoms with van der Waals surface area (Å²) in [6.45, 7) is 14.8. The average Bonchev–Trinajstić information content (AvgIpc) is 3.90. The van der Waals surface area contributed by atoms with E-state index in [1.54, 1.807) is 22.2 Å². The highest BCUT2D eigenvalue weighted by Gasteiger charge is 2.33. The molecule has 0 aliphatic heterocycles. The first-order valence-electron chi connectivity index (χ1n) is 19.6. The van der Waals surface area contributed by atoms with Gasteiger partial charge in [0.05, 0.1) is 50.6 Å². The van der Waals surface area contributed by atoms with Gasteiger partial charge in [-0.2, -0.15) is 0 Å². The normalized spacial score (nSPS) is 13.0. The van der Waals surface area contributed by atoms with Crippen molar-refractivity contribution in [2.45, 2.75) is 86.0 Å². The van der Waals surface area contributed by atoms with Crippen LogP contribution < -0.4 is 10.6 Å². The molecule has 0 bridgehead atoms. The number of carbonyl (C=O) groups excluding carboxylic acids is 4. The molecule has 0 fully saturated rings. The van der Waals surface area contributed by atoms with Crippen molar-refractivity contribution >= 4 is 36.2 Å². The van der Waals surface area contributed by atoms with Crippen molar-refractivity contribution in [2.24, 2.45) is 11.8 Å². The largest absolute Gasteiger partial charge is 0.453 e. The Labute approximate surface area is 335 Å². The third-order valence-corrected chi connectivity index (χ3v) is 9.68. The lowest BCUT2D eigenvalue weighted by Gasteiger charge is -2.33. The number of rotatable bonds is 18. The number of benzene rings is 2. The monoisotopic (exact) mass is 782 g/mol. The fraction of sp³-hybridized carbons (Fsp3) is 0.442. The molecular formula is C43H58N8O6. The standard InChI is InChI=1S/C43H58N8O6/c1-10-22-50(40(52)37(27(3)4)48-42(54)56-8)26-36-44-24-34(46-36)32-18-14-30(15-19-32)12-13-31-16-20-33(21-17-31)35-25-45-39(47-35)29(7)51(23-11-2)41(53)38(28(5)6)49-43(55)57-9/h12-21,24-25,27-29,37-38H,10-11,22-23,26H2,1-9H3,(H,44,46)(H,45,47)(H,48,54)(H,49,55)/b13-12+/t29-,37-,38-/m0/s1. The van der Waals surface area contributed by atoms with E-state index in [0.717, 1.165) is 46.5 Å². The predicted molar refractivity (Wildman–Crippen MR) is 221 cm³/mol. The predicted octanol–water partition coefficient (Wildman–Crippen LogP) is 7.44. The van der Waals surface area contributed by atoms with Crippen LogP contribution in [-0.2, 0) is 25.6 Å². The topological polar surface area (TPSA) is 175 Å². The number of nitrogens with zero attached hydrogens (tertiary/aromatic N) is 4. The van der Waals surface area contributed by atoms with Crippen LogP contribution >= 0.6 is 0 Å². The lowest BCUT2D eigenvalue weighted by Crippen LogP contribution is -2.52. The van der Waals surface area contributed by atoms with E-state index < -0.39 is 24.3 Å². The van der Waals surface area contributed by atoms with Crippen LogP contribution in [0.1, 0.15) is 90.1 Å². The number of methoxy groups -OCH3 is 2. The molecule has 0 radical (unpaired) electrons. The Morgan fingerprint density at radius 3 is 1.63 bits per heavy atom. The van der Waals surface area contributed by atoms with Crippen LogP contribution in [0.2, 0.25) is 0 Å². The van der Waals surface area contributed by atoms with Gasteiger partial charge in [-0.3, -0.25) is 9.59 Å². The van der Waals surface area contributed by atoms with E-state index in [1.807, 2.05) is 109 Å². The van der Waals surface area contributed by atoms with E-state index in [0.29, 0.717) is 24.7 Å². The van der Waals surface area contributed by atoms with Crippen LogP contribution in [0.15, 0.2) is 60.9 Å². The highest BCUT2D eigenvalue weighted by molar-refractivity contribution is 5.87. The summed E-state index contributed by atoms with van der Waals surface area (Å²) >= 11 is 0. The summed E-state index contributed by atoms with van der Waals surface area (Å²) in [7, 11) is 2.56. The van der Waals surface area contributed by atoms with Gasteiger partial charge >= 0.3 is 12.2 Å². The maximum Gasteiger partial charge on any atom is 0.407 e. The van der Waals surface area contributed by atoms with Gasteiger partial charge in [0.25, 0.3) is 0 Å². The quantitative estimate of drug-likeness (QED) is 0.0754. The van der Waals surface area contributed by atoms with Gasteiger partial charge in [-0.1, -0.05) is 102 Å². The second-order valence-corrected chi connectivity index (χ2v) is 14.7. The summed E-state index contributed by atoms with van der Waals surface area (Å²) in [5.41, 5.74) is 5.65. The molecule has 14 nitrogen and oxygen atoms in total. The van der Waals surface area contributed by atoms with Crippen molar-refractivity contribution in [1.29, 1.82) is 0 Å². The van der Waals surface area contributed by atoms with Gasteiger partial charge in [0.2, 0.25) is 11.8 Å². The van der Waals surface area contributed by atoms with Crippen molar-refractivity contribution < 1.29 is 28.7 Å². The SMILES string of the molecule is CCCN(Cc1ncc(-c2ccc(/C=C/c3ccc(-c4cnc([C@H](C)N(CCC)C(=O)[C@@H](NC(=O)OC)C(C)C)[nH]4)cc3)cc2)[nH]1)C(=O)[C@@H](NC(=O)OC)C(C)C. The Bertz CT molecular complexity index is 1950. The highest BCUT2D eigenvalue weighted by Crippen LogP contribution is 2.26. The summed E-state index contributed by atoms with van der Waals surface area (Å²) < 4.78 is 9.49. The Morgan fingerprint density at radius 2 is 1.16 bits per heavy atom. The van der Waals surface area contributed by atoms with Crippen LogP contribution in [0.25, 0.3) is 34.7 Å². The third-order valence-electron chi connectivity index (χ3n) is 9.68. The fourth-order valence-corrected chi connectivity index (χ4v) is 6.40. The molecule has 4 amide bonds. The number of carbonyl (C=O) groups is 4. The van der Waals surface area contributed by atoms with E-state index in [2.05, 4.69) is 30.6 Å². The number of H-pyrrole nitrogens is 2. The van der Waals surface area contributed by atoms with E-state index >= 15 is 0 Å². The van der Waals surface area contributed by atoms with Crippen molar-refractivity contribution in [3.63, 3.8) is 0 Å². The molecule has 57 heavy (non-hydrogen) atoms. The molecule has 3 atom stereocenters. The van der Waals surface area contributed by atoms with Gasteiger partial charge in [0.15, 0.2) is 0 Å². The molecule has 0 unspecified atom stereocenters. The van der Waals surface area contributed by atoms with E-state index in [9.17, 15) is 19.2 Å². The number of nitrogens with one attached hydrogen (secondary N) is 4. The second kappa shape index (κ2) is 20.8. The minimum atomic E-state index is -0.723. The maximum absolute atomic E-state index is 13.6. The first kappa shape index (κ1) is 43.8. The lowest BCUT2D eigenvalue weighted by molar-refractivity contribution is -0.137. The second-order valence-electron chi connectivity index (χ2n) is 14.7. The van der Waals surface area contributed by atoms with Crippen LogP contribution in [0.5, 0.6) is 0 Å². The number of ether oxygens (including phenoxy) is 2. The number of aromatic nitrogens is 4. The van der Waals surface area contributed by atoms with Gasteiger partial charge in [-0.15, -0.1) is 0 Å². The molecule has 0 spiro atoms. The van der Waals surface area contributed by atoms with Crippen molar-refractivity contribution in [3.05, 3.63) is 83.7 Å². The van der Waals surface area contributed by atoms with Crippen molar-refractivity contribution in [1.82, 2.24) is 40.4 Å². The summed E-state index contributed by atoms with van der Waals surface area (Å²) in [6, 6.07) is 14.5. The first-order valence-corrected chi connectivity index (χ1v) is 19.6.